The number of anilines is 1. The monoisotopic (exact) mass is 357 g/mol. The van der Waals surface area contributed by atoms with Gasteiger partial charge >= 0.3 is 0 Å². The van der Waals surface area contributed by atoms with Gasteiger partial charge in [0.15, 0.2) is 0 Å². The summed E-state index contributed by atoms with van der Waals surface area (Å²) in [5, 5.41) is 4.39. The maximum Gasteiger partial charge on any atom is 0.263 e. The second-order valence-electron chi connectivity index (χ2n) is 7.36. The molecule has 132 valence electrons. The van der Waals surface area contributed by atoms with E-state index in [0.29, 0.717) is 5.82 Å². The second-order valence-corrected chi connectivity index (χ2v) is 9.05. The SMILES string of the molecule is Cc1cc2c(C)ccc(NS(=O)(=O)c3ccc(C(C)(C)C)cc3)n2n1. The molecule has 1 aromatic carbocycles. The van der Waals surface area contributed by atoms with Gasteiger partial charge in [-0.15, -0.1) is 0 Å². The highest BCUT2D eigenvalue weighted by Gasteiger charge is 2.19. The summed E-state index contributed by atoms with van der Waals surface area (Å²) in [7, 11) is -3.68. The van der Waals surface area contributed by atoms with Crippen molar-refractivity contribution in [1.29, 1.82) is 0 Å². The summed E-state index contributed by atoms with van der Waals surface area (Å²) >= 11 is 0. The van der Waals surface area contributed by atoms with E-state index in [0.717, 1.165) is 22.3 Å². The number of nitrogens with one attached hydrogen (secondary N) is 1. The van der Waals surface area contributed by atoms with Crippen LogP contribution in [0.2, 0.25) is 0 Å². The Morgan fingerprint density at radius 2 is 1.64 bits per heavy atom. The molecule has 25 heavy (non-hydrogen) atoms. The Kier molecular flexibility index (Phi) is 4.11. The van der Waals surface area contributed by atoms with Crippen LogP contribution in [-0.4, -0.2) is 18.0 Å². The number of aryl methyl sites for hydroxylation is 2. The summed E-state index contributed by atoms with van der Waals surface area (Å²) < 4.78 is 29.8. The molecular weight excluding hydrogens is 334 g/mol. The molecule has 0 aliphatic carbocycles. The number of sulfonamides is 1. The van der Waals surface area contributed by atoms with Crippen LogP contribution in [0, 0.1) is 13.8 Å². The van der Waals surface area contributed by atoms with Gasteiger partial charge < -0.3 is 0 Å². The molecule has 0 unspecified atom stereocenters. The summed E-state index contributed by atoms with van der Waals surface area (Å²) in [4.78, 5) is 0.234. The molecule has 3 rings (SSSR count). The quantitative estimate of drug-likeness (QED) is 0.769. The molecule has 1 N–H and O–H groups in total. The minimum absolute atomic E-state index is 0.0224. The van der Waals surface area contributed by atoms with E-state index in [4.69, 9.17) is 0 Å². The molecule has 0 saturated carbocycles. The molecule has 0 aliphatic rings. The van der Waals surface area contributed by atoms with Crippen LogP contribution in [0.15, 0.2) is 47.4 Å². The maximum absolute atomic E-state index is 12.7. The normalized spacial score (nSPS) is 12.5. The van der Waals surface area contributed by atoms with Crippen molar-refractivity contribution in [3.8, 4) is 0 Å². The van der Waals surface area contributed by atoms with Crippen molar-refractivity contribution < 1.29 is 8.42 Å². The third kappa shape index (κ3) is 3.39. The smallest absolute Gasteiger partial charge is 0.263 e. The van der Waals surface area contributed by atoms with Crippen LogP contribution in [0.4, 0.5) is 5.82 Å². The van der Waals surface area contributed by atoms with Crippen LogP contribution in [0.3, 0.4) is 0 Å². The van der Waals surface area contributed by atoms with Crippen molar-refractivity contribution >= 4 is 21.4 Å². The highest BCUT2D eigenvalue weighted by atomic mass is 32.2. The Morgan fingerprint density at radius 1 is 1.00 bits per heavy atom. The van der Waals surface area contributed by atoms with Crippen molar-refractivity contribution in [2.45, 2.75) is 44.9 Å². The predicted molar refractivity (Wildman–Crippen MR) is 101 cm³/mol. The number of fused-ring (bicyclic) bond motifs is 1. The van der Waals surface area contributed by atoms with Crippen molar-refractivity contribution in [2.75, 3.05) is 4.72 Å². The lowest BCUT2D eigenvalue weighted by atomic mass is 9.87. The van der Waals surface area contributed by atoms with Gasteiger partial charge in [0.05, 0.1) is 16.1 Å². The lowest BCUT2D eigenvalue weighted by Crippen LogP contribution is -2.16. The van der Waals surface area contributed by atoms with E-state index in [9.17, 15) is 8.42 Å². The van der Waals surface area contributed by atoms with Crippen LogP contribution < -0.4 is 4.72 Å². The molecule has 0 atom stereocenters. The number of nitrogens with zero attached hydrogens (tertiary/aromatic N) is 2. The fraction of sp³-hybridized carbons (Fsp3) is 0.316. The molecule has 5 nitrogen and oxygen atoms in total. The lowest BCUT2D eigenvalue weighted by Gasteiger charge is -2.19. The van der Waals surface area contributed by atoms with E-state index in [-0.39, 0.29) is 10.3 Å². The zero-order chi connectivity index (χ0) is 18.4. The third-order valence-corrected chi connectivity index (χ3v) is 5.60. The summed E-state index contributed by atoms with van der Waals surface area (Å²) in [5.41, 5.74) is 3.83. The molecule has 0 saturated heterocycles. The molecule has 0 spiro atoms. The number of hydrogen-bond donors (Lipinski definition) is 1. The van der Waals surface area contributed by atoms with Gasteiger partial charge in [-0.3, -0.25) is 4.72 Å². The fourth-order valence-electron chi connectivity index (χ4n) is 2.73. The highest BCUT2D eigenvalue weighted by Crippen LogP contribution is 2.25. The van der Waals surface area contributed by atoms with Gasteiger partial charge in [0, 0.05) is 0 Å². The Bertz CT molecular complexity index is 1030. The first kappa shape index (κ1) is 17.5. The minimum atomic E-state index is -3.68. The van der Waals surface area contributed by atoms with Crippen LogP contribution in [-0.2, 0) is 15.4 Å². The van der Waals surface area contributed by atoms with E-state index in [2.05, 4.69) is 30.6 Å². The summed E-state index contributed by atoms with van der Waals surface area (Å²) in [6.07, 6.45) is 0. The van der Waals surface area contributed by atoms with Gasteiger partial charge in [-0.05, 0) is 54.7 Å². The number of hydrogen-bond acceptors (Lipinski definition) is 3. The Hall–Kier alpha value is -2.34. The largest absolute Gasteiger partial charge is 0.263 e. The zero-order valence-electron chi connectivity index (χ0n) is 15.2. The molecular formula is C19H23N3O2S. The van der Waals surface area contributed by atoms with Crippen LogP contribution in [0.5, 0.6) is 0 Å². The van der Waals surface area contributed by atoms with Crippen molar-refractivity contribution in [2.24, 2.45) is 0 Å². The van der Waals surface area contributed by atoms with E-state index < -0.39 is 10.0 Å². The Labute approximate surface area is 148 Å². The van der Waals surface area contributed by atoms with Gasteiger partial charge in [0.1, 0.15) is 5.82 Å². The van der Waals surface area contributed by atoms with Crippen LogP contribution in [0.1, 0.15) is 37.6 Å². The Balaban J connectivity index is 1.98. The predicted octanol–water partition coefficient (Wildman–Crippen LogP) is 4.05. The first-order valence-corrected chi connectivity index (χ1v) is 9.65. The van der Waals surface area contributed by atoms with Crippen LogP contribution >= 0.6 is 0 Å². The average molecular weight is 357 g/mol. The van der Waals surface area contributed by atoms with Crippen molar-refractivity contribution in [3.05, 3.63) is 59.3 Å². The van der Waals surface area contributed by atoms with Gasteiger partial charge in [-0.2, -0.15) is 5.10 Å². The molecule has 0 radical (unpaired) electrons. The van der Waals surface area contributed by atoms with E-state index in [1.54, 1.807) is 22.7 Å². The van der Waals surface area contributed by atoms with Crippen molar-refractivity contribution in [3.63, 3.8) is 0 Å². The third-order valence-electron chi connectivity index (χ3n) is 4.22. The van der Waals surface area contributed by atoms with E-state index in [1.165, 1.54) is 0 Å². The summed E-state index contributed by atoms with van der Waals surface area (Å²) in [6.45, 7) is 10.1. The maximum atomic E-state index is 12.7. The van der Waals surface area contributed by atoms with Gasteiger partial charge in [0.2, 0.25) is 0 Å². The van der Waals surface area contributed by atoms with Gasteiger partial charge in [-0.25, -0.2) is 12.9 Å². The van der Waals surface area contributed by atoms with Gasteiger partial charge in [-0.1, -0.05) is 39.0 Å². The molecule has 0 bridgehead atoms. The number of benzene rings is 1. The first-order chi connectivity index (χ1) is 11.6. The average Bonchev–Trinajstić information content (AvgIpc) is 2.92. The lowest BCUT2D eigenvalue weighted by molar-refractivity contribution is 0.587. The van der Waals surface area contributed by atoms with Crippen LogP contribution in [0.25, 0.3) is 5.52 Å². The standard InChI is InChI=1S/C19H23N3O2S/c1-13-6-11-18(22-17(13)12-14(2)20-22)21-25(23,24)16-9-7-15(8-10-16)19(3,4)5/h6-12,21H,1-5H3. The molecule has 2 aromatic heterocycles. The summed E-state index contributed by atoms with van der Waals surface area (Å²) in [6, 6.07) is 12.6. The number of rotatable bonds is 3. The van der Waals surface area contributed by atoms with Gasteiger partial charge in [0.25, 0.3) is 10.0 Å². The number of aromatic nitrogens is 2. The second kappa shape index (κ2) is 5.88. The topological polar surface area (TPSA) is 63.5 Å². The van der Waals surface area contributed by atoms with Crippen molar-refractivity contribution in [1.82, 2.24) is 9.61 Å². The molecule has 6 heteroatoms. The Morgan fingerprint density at radius 3 is 2.24 bits per heavy atom. The molecule has 0 amide bonds. The van der Waals surface area contributed by atoms with E-state index in [1.807, 2.05) is 38.1 Å². The molecule has 0 aliphatic heterocycles. The zero-order valence-corrected chi connectivity index (χ0v) is 16.0. The first-order valence-electron chi connectivity index (χ1n) is 8.17. The molecule has 2 heterocycles. The highest BCUT2D eigenvalue weighted by molar-refractivity contribution is 7.92. The van der Waals surface area contributed by atoms with E-state index >= 15 is 0 Å². The minimum Gasteiger partial charge on any atom is -0.263 e. The fourth-order valence-corrected chi connectivity index (χ4v) is 3.77. The molecule has 3 aromatic rings. The molecule has 0 fully saturated rings. The summed E-state index contributed by atoms with van der Waals surface area (Å²) in [5.74, 6) is 0.425. The number of pyridine rings is 1.